The third kappa shape index (κ3) is 4.26. The van der Waals surface area contributed by atoms with Gasteiger partial charge in [-0.25, -0.2) is 0 Å². The molecule has 1 aromatic carbocycles. The summed E-state index contributed by atoms with van der Waals surface area (Å²) in [5, 5.41) is 0.611. The topological polar surface area (TPSA) is 80.6 Å². The van der Waals surface area contributed by atoms with E-state index in [4.69, 9.17) is 20.8 Å². The van der Waals surface area contributed by atoms with Gasteiger partial charge in [0.1, 0.15) is 11.5 Å². The van der Waals surface area contributed by atoms with Crippen molar-refractivity contribution in [2.24, 2.45) is 0 Å². The number of carbonyl (C=O) groups excluding carboxylic acids is 2. The molecule has 7 heteroatoms. The maximum atomic E-state index is 11.8. The van der Waals surface area contributed by atoms with Crippen LogP contribution in [0.5, 0.6) is 5.75 Å². The van der Waals surface area contributed by atoms with E-state index >= 15 is 0 Å². The summed E-state index contributed by atoms with van der Waals surface area (Å²) in [6.07, 6.45) is 1.40. The van der Waals surface area contributed by atoms with Crippen LogP contribution in [0.15, 0.2) is 28.9 Å². The fraction of sp³-hybridized carbons (Fsp3) is 0.250. The van der Waals surface area contributed by atoms with Crippen LogP contribution in [0.1, 0.15) is 27.2 Å². The van der Waals surface area contributed by atoms with Crippen LogP contribution in [0.2, 0.25) is 5.02 Å². The molecular weight excluding hydrogens is 320 g/mol. The molecule has 0 saturated carbocycles. The Labute approximate surface area is 138 Å². The van der Waals surface area contributed by atoms with Gasteiger partial charge in [-0.2, -0.15) is 0 Å². The second-order valence-corrected chi connectivity index (χ2v) is 5.49. The number of benzene rings is 1. The molecule has 1 aromatic heterocycles. The van der Waals surface area contributed by atoms with Gasteiger partial charge >= 0.3 is 0 Å². The lowest BCUT2D eigenvalue weighted by molar-refractivity contribution is -0.123. The Hall–Kier alpha value is -2.47. The van der Waals surface area contributed by atoms with Crippen LogP contribution in [0.4, 0.5) is 0 Å². The third-order valence-electron chi connectivity index (χ3n) is 3.19. The number of ether oxygens (including phenoxy) is 1. The lowest BCUT2D eigenvalue weighted by Crippen LogP contribution is -2.43. The zero-order valence-electron chi connectivity index (χ0n) is 13.0. The van der Waals surface area contributed by atoms with Crippen molar-refractivity contribution in [1.29, 1.82) is 0 Å². The first-order chi connectivity index (χ1) is 10.9. The van der Waals surface area contributed by atoms with E-state index in [0.717, 1.165) is 11.1 Å². The number of nitrogens with one attached hydrogen (secondary N) is 2. The monoisotopic (exact) mass is 336 g/mol. The molecule has 6 nitrogen and oxygen atoms in total. The molecule has 0 aliphatic carbocycles. The van der Waals surface area contributed by atoms with Crippen molar-refractivity contribution in [3.63, 3.8) is 0 Å². The summed E-state index contributed by atoms with van der Waals surface area (Å²) >= 11 is 5.94. The van der Waals surface area contributed by atoms with Crippen LogP contribution in [0.25, 0.3) is 0 Å². The molecule has 0 atom stereocenters. The van der Waals surface area contributed by atoms with E-state index in [1.54, 1.807) is 19.1 Å². The van der Waals surface area contributed by atoms with E-state index in [0.29, 0.717) is 22.1 Å². The van der Waals surface area contributed by atoms with Gasteiger partial charge in [-0.1, -0.05) is 11.6 Å². The molecule has 1 heterocycles. The summed E-state index contributed by atoms with van der Waals surface area (Å²) < 4.78 is 10.5. The van der Waals surface area contributed by atoms with E-state index in [9.17, 15) is 9.59 Å². The number of rotatable bonds is 4. The number of hydrogen-bond acceptors (Lipinski definition) is 4. The molecule has 0 radical (unpaired) electrons. The molecule has 0 spiro atoms. The molecule has 2 aromatic rings. The average Bonchev–Trinajstić information content (AvgIpc) is 2.89. The van der Waals surface area contributed by atoms with Crippen LogP contribution in [-0.4, -0.2) is 18.4 Å². The van der Waals surface area contributed by atoms with Gasteiger partial charge in [-0.3, -0.25) is 20.4 Å². The molecule has 0 aliphatic rings. The second-order valence-electron chi connectivity index (χ2n) is 5.05. The molecule has 122 valence electrons. The Morgan fingerprint density at radius 1 is 1.17 bits per heavy atom. The van der Waals surface area contributed by atoms with Crippen LogP contribution in [-0.2, 0) is 4.79 Å². The van der Waals surface area contributed by atoms with Crippen molar-refractivity contribution in [3.8, 4) is 5.75 Å². The largest absolute Gasteiger partial charge is 0.483 e. The van der Waals surface area contributed by atoms with Crippen molar-refractivity contribution in [2.75, 3.05) is 6.61 Å². The van der Waals surface area contributed by atoms with Crippen molar-refractivity contribution < 1.29 is 18.7 Å². The van der Waals surface area contributed by atoms with E-state index in [1.807, 2.05) is 13.8 Å². The molecule has 23 heavy (non-hydrogen) atoms. The number of halogens is 1. The molecular formula is C16H17ClN2O4. The number of aryl methyl sites for hydroxylation is 3. The maximum Gasteiger partial charge on any atom is 0.276 e. The smallest absolute Gasteiger partial charge is 0.276 e. The Balaban J connectivity index is 1.87. The molecule has 0 saturated heterocycles. The lowest BCUT2D eigenvalue weighted by Gasteiger charge is -2.13. The minimum atomic E-state index is -0.478. The van der Waals surface area contributed by atoms with Gasteiger partial charge in [-0.15, -0.1) is 0 Å². The quantitative estimate of drug-likeness (QED) is 0.841. The van der Waals surface area contributed by atoms with Gasteiger partial charge in [0.05, 0.1) is 11.8 Å². The molecule has 0 bridgehead atoms. The van der Waals surface area contributed by atoms with E-state index in [-0.39, 0.29) is 6.61 Å². The minimum absolute atomic E-state index is 0.228. The van der Waals surface area contributed by atoms with Gasteiger partial charge in [0.15, 0.2) is 6.61 Å². The summed E-state index contributed by atoms with van der Waals surface area (Å²) in [5.41, 5.74) is 6.61. The fourth-order valence-electron chi connectivity index (χ4n) is 2.11. The third-order valence-corrected chi connectivity index (χ3v) is 3.41. The van der Waals surface area contributed by atoms with Crippen LogP contribution < -0.4 is 15.6 Å². The summed E-state index contributed by atoms with van der Waals surface area (Å²) in [6.45, 7) is 5.12. The summed E-state index contributed by atoms with van der Waals surface area (Å²) in [6, 6.07) is 5.03. The standard InChI is InChI=1S/C16H17ClN2O4/c1-9-6-12(17)7-10(2)15(9)23-8-14(20)18-19-16(21)13-4-5-22-11(13)3/h4-7H,8H2,1-3H3,(H,18,20)(H,19,21). The fourth-order valence-corrected chi connectivity index (χ4v) is 2.44. The number of hydrogen-bond donors (Lipinski definition) is 2. The zero-order chi connectivity index (χ0) is 17.0. The summed E-state index contributed by atoms with van der Waals surface area (Å²) in [4.78, 5) is 23.6. The van der Waals surface area contributed by atoms with Crippen molar-refractivity contribution in [1.82, 2.24) is 10.9 Å². The van der Waals surface area contributed by atoms with Gasteiger partial charge in [0.2, 0.25) is 0 Å². The highest BCUT2D eigenvalue weighted by atomic mass is 35.5. The first-order valence-corrected chi connectivity index (χ1v) is 7.29. The maximum absolute atomic E-state index is 11.8. The highest BCUT2D eigenvalue weighted by Gasteiger charge is 2.13. The van der Waals surface area contributed by atoms with Gasteiger partial charge in [0, 0.05) is 5.02 Å². The van der Waals surface area contributed by atoms with Crippen LogP contribution in [0.3, 0.4) is 0 Å². The Morgan fingerprint density at radius 2 is 1.83 bits per heavy atom. The normalized spacial score (nSPS) is 10.3. The Morgan fingerprint density at radius 3 is 2.39 bits per heavy atom. The van der Waals surface area contributed by atoms with Gasteiger partial charge in [-0.05, 0) is 50.1 Å². The SMILES string of the molecule is Cc1cc(Cl)cc(C)c1OCC(=O)NNC(=O)c1ccoc1C. The number of furan rings is 1. The number of carbonyl (C=O) groups is 2. The molecule has 2 amide bonds. The molecule has 2 N–H and O–H groups in total. The second kappa shape index (κ2) is 7.19. The van der Waals surface area contributed by atoms with E-state index in [1.165, 1.54) is 12.3 Å². The number of amides is 2. The summed E-state index contributed by atoms with van der Waals surface area (Å²) in [5.74, 6) is 0.138. The lowest BCUT2D eigenvalue weighted by atomic mass is 10.1. The van der Waals surface area contributed by atoms with Crippen LogP contribution in [0, 0.1) is 20.8 Å². The number of hydrazine groups is 1. The van der Waals surface area contributed by atoms with Crippen molar-refractivity contribution in [3.05, 3.63) is 51.9 Å². The molecule has 2 rings (SSSR count). The van der Waals surface area contributed by atoms with Crippen LogP contribution >= 0.6 is 11.6 Å². The van der Waals surface area contributed by atoms with Crippen molar-refractivity contribution >= 4 is 23.4 Å². The molecule has 0 unspecified atom stereocenters. The highest BCUT2D eigenvalue weighted by Crippen LogP contribution is 2.26. The summed E-state index contributed by atoms with van der Waals surface area (Å²) in [7, 11) is 0. The van der Waals surface area contributed by atoms with Gasteiger partial charge in [0.25, 0.3) is 11.8 Å². The van der Waals surface area contributed by atoms with E-state index in [2.05, 4.69) is 10.9 Å². The predicted octanol–water partition coefficient (Wildman–Crippen LogP) is 2.70. The van der Waals surface area contributed by atoms with Crippen molar-refractivity contribution in [2.45, 2.75) is 20.8 Å². The van der Waals surface area contributed by atoms with Gasteiger partial charge < -0.3 is 9.15 Å². The Kier molecular flexibility index (Phi) is 5.28. The molecule has 0 aliphatic heterocycles. The molecule has 0 fully saturated rings. The zero-order valence-corrected chi connectivity index (χ0v) is 13.8. The average molecular weight is 337 g/mol. The van der Waals surface area contributed by atoms with E-state index < -0.39 is 11.8 Å². The minimum Gasteiger partial charge on any atom is -0.483 e. The first-order valence-electron chi connectivity index (χ1n) is 6.91. The highest BCUT2D eigenvalue weighted by molar-refractivity contribution is 6.30. The predicted molar refractivity (Wildman–Crippen MR) is 85.5 cm³/mol. The first kappa shape index (κ1) is 16.9. The Bertz CT molecular complexity index is 716.